The first-order chi connectivity index (χ1) is 15.1. The van der Waals surface area contributed by atoms with Gasteiger partial charge in [0.15, 0.2) is 11.5 Å². The molecule has 0 amide bonds. The van der Waals surface area contributed by atoms with E-state index < -0.39 is 16.1 Å². The van der Waals surface area contributed by atoms with Crippen LogP contribution in [0.3, 0.4) is 0 Å². The van der Waals surface area contributed by atoms with E-state index in [2.05, 4.69) is 4.57 Å². The summed E-state index contributed by atoms with van der Waals surface area (Å²) in [6.07, 6.45) is 1.99. The molecule has 7 nitrogen and oxygen atoms in total. The number of aromatic nitrogens is 1. The van der Waals surface area contributed by atoms with E-state index in [1.54, 1.807) is 22.5 Å². The summed E-state index contributed by atoms with van der Waals surface area (Å²) >= 11 is 0. The predicted molar refractivity (Wildman–Crippen MR) is 115 cm³/mol. The third kappa shape index (κ3) is 3.55. The summed E-state index contributed by atoms with van der Waals surface area (Å²) < 4.78 is 47.9. The van der Waals surface area contributed by atoms with Gasteiger partial charge in [0.05, 0.1) is 17.5 Å². The molecule has 0 bridgehead atoms. The number of fused-ring (bicyclic) bond motifs is 2. The molecule has 3 aromatic rings. The van der Waals surface area contributed by atoms with E-state index in [4.69, 9.17) is 14.2 Å². The first-order valence-corrected chi connectivity index (χ1v) is 11.8. The number of nitrogens with zero attached hydrogens (tertiary/aromatic N) is 2. The summed E-state index contributed by atoms with van der Waals surface area (Å²) in [6, 6.07) is 16.0. The lowest BCUT2D eigenvalue weighted by Gasteiger charge is -2.36. The average Bonchev–Trinajstić information content (AvgIpc) is 3.28. The number of hydrogen-bond donors (Lipinski definition) is 0. The van der Waals surface area contributed by atoms with E-state index in [0.29, 0.717) is 44.4 Å². The fourth-order valence-corrected chi connectivity index (χ4v) is 5.79. The zero-order valence-corrected chi connectivity index (χ0v) is 18.0. The number of benzene rings is 2. The maximum Gasteiger partial charge on any atom is 0.244 e. The van der Waals surface area contributed by atoms with Gasteiger partial charge in [-0.1, -0.05) is 12.1 Å². The lowest BCUT2D eigenvalue weighted by molar-refractivity contribution is 0.171. The largest absolute Gasteiger partial charge is 0.494 e. The summed E-state index contributed by atoms with van der Waals surface area (Å²) in [7, 11) is -3.78. The lowest BCUT2D eigenvalue weighted by Crippen LogP contribution is -2.42. The van der Waals surface area contributed by atoms with Crippen LogP contribution in [0, 0.1) is 0 Å². The number of ether oxygens (including phenoxy) is 3. The van der Waals surface area contributed by atoms with Gasteiger partial charge in [0.2, 0.25) is 10.0 Å². The van der Waals surface area contributed by atoms with Gasteiger partial charge in [-0.2, -0.15) is 4.31 Å². The number of sulfonamides is 1. The van der Waals surface area contributed by atoms with Crippen molar-refractivity contribution in [3.05, 3.63) is 72.1 Å². The van der Waals surface area contributed by atoms with E-state index >= 15 is 0 Å². The molecule has 0 spiro atoms. The summed E-state index contributed by atoms with van der Waals surface area (Å²) in [4.78, 5) is 0.202. The van der Waals surface area contributed by atoms with E-state index in [9.17, 15) is 8.42 Å². The van der Waals surface area contributed by atoms with Crippen molar-refractivity contribution >= 4 is 10.0 Å². The van der Waals surface area contributed by atoms with Crippen LogP contribution in [0.5, 0.6) is 17.2 Å². The van der Waals surface area contributed by atoms with Gasteiger partial charge in [0.1, 0.15) is 19.0 Å². The van der Waals surface area contributed by atoms with Crippen molar-refractivity contribution in [2.24, 2.45) is 0 Å². The molecule has 2 aliphatic rings. The van der Waals surface area contributed by atoms with Crippen LogP contribution < -0.4 is 14.2 Å². The molecule has 1 aromatic heterocycles. The molecule has 162 valence electrons. The van der Waals surface area contributed by atoms with E-state index in [1.165, 1.54) is 0 Å². The molecule has 0 saturated carbocycles. The van der Waals surface area contributed by atoms with Crippen LogP contribution in [0.1, 0.15) is 24.2 Å². The monoisotopic (exact) mass is 440 g/mol. The van der Waals surface area contributed by atoms with Gasteiger partial charge in [-0.15, -0.1) is 0 Å². The molecular formula is C23H24N2O5S. The molecule has 8 heteroatoms. The summed E-state index contributed by atoms with van der Waals surface area (Å²) in [5, 5.41) is 0. The van der Waals surface area contributed by atoms with Gasteiger partial charge in [-0.25, -0.2) is 8.42 Å². The van der Waals surface area contributed by atoms with Crippen LogP contribution in [0.25, 0.3) is 0 Å². The fraction of sp³-hybridized carbons (Fsp3) is 0.304. The van der Waals surface area contributed by atoms with Crippen molar-refractivity contribution in [1.82, 2.24) is 8.87 Å². The van der Waals surface area contributed by atoms with Gasteiger partial charge >= 0.3 is 0 Å². The molecule has 2 aromatic carbocycles. The average molecular weight is 441 g/mol. The SMILES string of the molecule is CCOc1ccc([C@H]2c3cccn3CCN2S(=O)(=O)c2ccc3c(c2)OCCO3)cc1. The van der Waals surface area contributed by atoms with Crippen molar-refractivity contribution in [1.29, 1.82) is 0 Å². The Balaban J connectivity index is 1.56. The Kier molecular flexibility index (Phi) is 5.11. The van der Waals surface area contributed by atoms with Gasteiger partial charge in [0.25, 0.3) is 0 Å². The summed E-state index contributed by atoms with van der Waals surface area (Å²) in [6.45, 7) is 4.35. The molecular weight excluding hydrogens is 416 g/mol. The minimum Gasteiger partial charge on any atom is -0.494 e. The minimum absolute atomic E-state index is 0.202. The molecule has 0 radical (unpaired) electrons. The number of hydrogen-bond acceptors (Lipinski definition) is 5. The second-order valence-electron chi connectivity index (χ2n) is 7.45. The van der Waals surface area contributed by atoms with Crippen molar-refractivity contribution in [2.75, 3.05) is 26.4 Å². The van der Waals surface area contributed by atoms with Gasteiger partial charge < -0.3 is 18.8 Å². The van der Waals surface area contributed by atoms with Crippen LogP contribution in [0.2, 0.25) is 0 Å². The van der Waals surface area contributed by atoms with Crippen LogP contribution in [0.15, 0.2) is 65.7 Å². The van der Waals surface area contributed by atoms with Crippen molar-refractivity contribution in [3.63, 3.8) is 0 Å². The zero-order chi connectivity index (χ0) is 21.4. The van der Waals surface area contributed by atoms with Gasteiger partial charge in [-0.05, 0) is 48.9 Å². The van der Waals surface area contributed by atoms with Crippen molar-refractivity contribution in [2.45, 2.75) is 24.4 Å². The summed E-state index contributed by atoms with van der Waals surface area (Å²) in [5.74, 6) is 1.80. The van der Waals surface area contributed by atoms with Crippen molar-refractivity contribution in [3.8, 4) is 17.2 Å². The molecule has 3 heterocycles. The maximum atomic E-state index is 13.8. The van der Waals surface area contributed by atoms with E-state index in [-0.39, 0.29) is 4.90 Å². The highest BCUT2D eigenvalue weighted by Gasteiger charge is 2.38. The molecule has 1 atom stereocenters. The molecule has 0 aliphatic carbocycles. The first kappa shape index (κ1) is 20.0. The minimum atomic E-state index is -3.78. The van der Waals surface area contributed by atoms with E-state index in [1.807, 2.05) is 49.5 Å². The third-order valence-electron chi connectivity index (χ3n) is 5.62. The first-order valence-electron chi connectivity index (χ1n) is 10.4. The maximum absolute atomic E-state index is 13.8. The smallest absolute Gasteiger partial charge is 0.244 e. The lowest BCUT2D eigenvalue weighted by atomic mass is 10.0. The molecule has 31 heavy (non-hydrogen) atoms. The quantitative estimate of drug-likeness (QED) is 0.608. The Labute approximate surface area is 181 Å². The van der Waals surface area contributed by atoms with Crippen LogP contribution in [0.4, 0.5) is 0 Å². The van der Waals surface area contributed by atoms with E-state index in [0.717, 1.165) is 17.0 Å². The molecule has 0 N–H and O–H groups in total. The van der Waals surface area contributed by atoms with Crippen LogP contribution >= 0.6 is 0 Å². The fourth-order valence-electron chi connectivity index (χ4n) is 4.19. The van der Waals surface area contributed by atoms with Crippen LogP contribution in [-0.4, -0.2) is 43.7 Å². The molecule has 0 fully saturated rings. The Morgan fingerprint density at radius 3 is 2.55 bits per heavy atom. The highest BCUT2D eigenvalue weighted by molar-refractivity contribution is 7.89. The second-order valence-corrected chi connectivity index (χ2v) is 9.34. The van der Waals surface area contributed by atoms with Crippen LogP contribution in [-0.2, 0) is 16.6 Å². The molecule has 0 saturated heterocycles. The Hall–Kier alpha value is -2.97. The predicted octanol–water partition coefficient (Wildman–Crippen LogP) is 3.45. The topological polar surface area (TPSA) is 70.0 Å². The zero-order valence-electron chi connectivity index (χ0n) is 17.2. The van der Waals surface area contributed by atoms with Crippen molar-refractivity contribution < 1.29 is 22.6 Å². The standard InChI is InChI=1S/C23H24N2O5S/c1-2-28-18-7-5-17(6-8-18)23-20-4-3-11-24(20)12-13-25(23)31(26,27)19-9-10-21-22(16-19)30-15-14-29-21/h3-11,16,23H,2,12-15H2,1H3/t23-/m0/s1. The van der Waals surface area contributed by atoms with Gasteiger partial charge in [0, 0.05) is 31.0 Å². The summed E-state index contributed by atoms with van der Waals surface area (Å²) in [5.41, 5.74) is 1.83. The number of rotatable bonds is 5. The molecule has 5 rings (SSSR count). The second kappa shape index (κ2) is 7.94. The normalized spacial score (nSPS) is 18.4. The Bertz CT molecular complexity index is 1190. The third-order valence-corrected chi connectivity index (χ3v) is 7.48. The highest BCUT2D eigenvalue weighted by Crippen LogP contribution is 2.39. The molecule has 0 unspecified atom stereocenters. The van der Waals surface area contributed by atoms with Gasteiger partial charge in [-0.3, -0.25) is 0 Å². The Morgan fingerprint density at radius 1 is 1.00 bits per heavy atom. The Morgan fingerprint density at radius 2 is 1.77 bits per heavy atom. The highest BCUT2D eigenvalue weighted by atomic mass is 32.2. The molecule has 2 aliphatic heterocycles.